The van der Waals surface area contributed by atoms with Crippen LogP contribution in [0.5, 0.6) is 0 Å². The molecule has 1 aromatic heterocycles. The van der Waals surface area contributed by atoms with Gasteiger partial charge in [0.1, 0.15) is 5.82 Å². The number of nitrogens with zero attached hydrogens (tertiary/aromatic N) is 2. The van der Waals surface area contributed by atoms with Gasteiger partial charge in [0.2, 0.25) is 0 Å². The number of benzene rings is 2. The van der Waals surface area contributed by atoms with Crippen LogP contribution in [0.1, 0.15) is 15.9 Å². The Morgan fingerprint density at radius 1 is 1.25 bits per heavy atom. The van der Waals surface area contributed by atoms with Crippen molar-refractivity contribution in [3.05, 3.63) is 65.5 Å². The average Bonchev–Trinajstić information content (AvgIpc) is 2.94. The third-order valence-corrected chi connectivity index (χ3v) is 4.43. The number of aromatic nitrogens is 3. The number of rotatable bonds is 5. The van der Waals surface area contributed by atoms with Gasteiger partial charge >= 0.3 is 11.1 Å². The predicted molar refractivity (Wildman–Crippen MR) is 87.3 cm³/mol. The number of nitrogen functional groups attached to an aromatic ring is 1. The number of carboxylic acids is 1. The first-order valence-electron chi connectivity index (χ1n) is 7.01. The molecule has 4 N–H and O–H groups in total. The third kappa shape index (κ3) is 3.23. The second-order valence-electron chi connectivity index (χ2n) is 5.00. The summed E-state index contributed by atoms with van der Waals surface area (Å²) in [5.41, 5.74) is 1.50. The minimum atomic E-state index is -0.962. The van der Waals surface area contributed by atoms with Gasteiger partial charge in [-0.3, -0.25) is 5.84 Å². The maximum absolute atomic E-state index is 13.8. The lowest BCUT2D eigenvalue weighted by molar-refractivity contribution is -0.667. The van der Waals surface area contributed by atoms with Gasteiger partial charge in [-0.05, 0) is 41.6 Å². The Labute approximate surface area is 141 Å². The van der Waals surface area contributed by atoms with Crippen molar-refractivity contribution < 1.29 is 19.0 Å². The molecule has 122 valence electrons. The van der Waals surface area contributed by atoms with Crippen LogP contribution in [0.15, 0.2) is 53.7 Å². The summed E-state index contributed by atoms with van der Waals surface area (Å²) in [4.78, 5) is 10.8. The molecule has 8 heteroatoms. The van der Waals surface area contributed by atoms with E-state index in [1.807, 2.05) is 0 Å². The van der Waals surface area contributed by atoms with E-state index in [4.69, 9.17) is 10.9 Å². The summed E-state index contributed by atoms with van der Waals surface area (Å²) < 4.78 is 15.1. The minimum Gasteiger partial charge on any atom is -0.478 e. The van der Waals surface area contributed by atoms with Gasteiger partial charge < -0.3 is 5.11 Å². The molecule has 0 bridgehead atoms. The zero-order valence-electron chi connectivity index (χ0n) is 12.4. The van der Waals surface area contributed by atoms with Gasteiger partial charge in [-0.1, -0.05) is 24.3 Å². The van der Waals surface area contributed by atoms with E-state index in [9.17, 15) is 9.18 Å². The second-order valence-corrected chi connectivity index (χ2v) is 5.94. The fraction of sp³-hybridized carbons (Fsp3) is 0.0625. The van der Waals surface area contributed by atoms with Crippen molar-refractivity contribution in [3.63, 3.8) is 0 Å². The Hall–Kier alpha value is -2.87. The van der Waals surface area contributed by atoms with E-state index in [0.717, 1.165) is 5.56 Å². The summed E-state index contributed by atoms with van der Waals surface area (Å²) in [5.74, 6) is 5.57. The van der Waals surface area contributed by atoms with Crippen molar-refractivity contribution in [1.29, 1.82) is 0 Å². The van der Waals surface area contributed by atoms with E-state index in [-0.39, 0.29) is 11.4 Å². The number of halogens is 1. The third-order valence-electron chi connectivity index (χ3n) is 3.40. The average molecular weight is 345 g/mol. The van der Waals surface area contributed by atoms with E-state index in [1.165, 1.54) is 22.5 Å². The van der Waals surface area contributed by atoms with Crippen molar-refractivity contribution in [2.45, 2.75) is 10.9 Å². The topological polar surface area (TPSA) is 95.9 Å². The maximum Gasteiger partial charge on any atom is 0.358 e. The molecule has 0 amide bonds. The summed E-state index contributed by atoms with van der Waals surface area (Å²) in [6, 6.07) is 12.9. The van der Waals surface area contributed by atoms with Crippen molar-refractivity contribution in [3.8, 4) is 11.4 Å². The number of carboxylic acid groups (broad SMARTS) is 1. The van der Waals surface area contributed by atoms with Gasteiger partial charge in [0.25, 0.3) is 5.82 Å². The van der Waals surface area contributed by atoms with Crippen molar-refractivity contribution >= 4 is 17.7 Å². The number of hydrogen-bond donors (Lipinski definition) is 3. The molecule has 0 aliphatic heterocycles. The zero-order valence-corrected chi connectivity index (χ0v) is 13.3. The Balaban J connectivity index is 1.75. The minimum absolute atomic E-state index is 0.235. The first-order chi connectivity index (χ1) is 11.6. The van der Waals surface area contributed by atoms with E-state index in [2.05, 4.69) is 10.2 Å². The Morgan fingerprint density at radius 2 is 1.96 bits per heavy atom. The van der Waals surface area contributed by atoms with Gasteiger partial charge in [-0.15, -0.1) is 9.77 Å². The molecular formula is C16H14FN4O2S+. The van der Waals surface area contributed by atoms with Crippen LogP contribution in [0.3, 0.4) is 0 Å². The molecular weight excluding hydrogens is 331 g/mol. The molecule has 24 heavy (non-hydrogen) atoms. The lowest BCUT2D eigenvalue weighted by Crippen LogP contribution is -2.47. The second kappa shape index (κ2) is 6.71. The summed E-state index contributed by atoms with van der Waals surface area (Å²) in [6.45, 7) is 0. The van der Waals surface area contributed by atoms with Crippen LogP contribution in [0.25, 0.3) is 11.4 Å². The zero-order chi connectivity index (χ0) is 17.1. The van der Waals surface area contributed by atoms with Crippen LogP contribution in [-0.2, 0) is 5.75 Å². The van der Waals surface area contributed by atoms with E-state index in [1.54, 1.807) is 42.5 Å². The maximum atomic E-state index is 13.8. The summed E-state index contributed by atoms with van der Waals surface area (Å²) >= 11 is 1.36. The normalized spacial score (nSPS) is 10.7. The largest absolute Gasteiger partial charge is 0.478 e. The molecule has 0 saturated carbocycles. The lowest BCUT2D eigenvalue weighted by atomic mass is 10.1. The van der Waals surface area contributed by atoms with Crippen LogP contribution in [0.2, 0.25) is 0 Å². The molecule has 0 atom stereocenters. The Bertz CT molecular complexity index is 880. The smallest absolute Gasteiger partial charge is 0.358 e. The van der Waals surface area contributed by atoms with Crippen molar-refractivity contribution in [2.75, 3.05) is 5.84 Å². The van der Waals surface area contributed by atoms with Crippen molar-refractivity contribution in [2.24, 2.45) is 0 Å². The molecule has 0 aliphatic carbocycles. The van der Waals surface area contributed by atoms with Crippen LogP contribution in [-0.4, -0.2) is 21.3 Å². The Kier molecular flexibility index (Phi) is 4.48. The number of thioether (sulfide) groups is 1. The highest BCUT2D eigenvalue weighted by molar-refractivity contribution is 7.98. The predicted octanol–water partition coefficient (Wildman–Crippen LogP) is 2.21. The number of H-pyrrole nitrogens is 1. The van der Waals surface area contributed by atoms with Gasteiger partial charge in [-0.2, -0.15) is 0 Å². The van der Waals surface area contributed by atoms with Gasteiger partial charge in [0.05, 0.1) is 16.2 Å². The first-order valence-corrected chi connectivity index (χ1v) is 8.00. The highest BCUT2D eigenvalue weighted by atomic mass is 32.2. The fourth-order valence-corrected chi connectivity index (χ4v) is 2.97. The number of nitrogens with one attached hydrogen (secondary N) is 1. The number of carbonyl (C=O) groups is 1. The Morgan fingerprint density at radius 3 is 2.62 bits per heavy atom. The van der Waals surface area contributed by atoms with E-state index in [0.29, 0.717) is 22.3 Å². The van der Waals surface area contributed by atoms with Gasteiger partial charge in [0.15, 0.2) is 0 Å². The number of aromatic carboxylic acids is 1. The quantitative estimate of drug-likeness (QED) is 0.374. The van der Waals surface area contributed by atoms with Gasteiger partial charge in [0, 0.05) is 5.75 Å². The van der Waals surface area contributed by atoms with Crippen LogP contribution >= 0.6 is 11.8 Å². The molecule has 0 unspecified atom stereocenters. The standard InChI is InChI=1S/C16H13FN4O2S/c17-13-4-2-1-3-12(13)14-19-20-16(21(14)18)24-9-10-5-7-11(8-6-10)15(22)23/h1-8H,9,18H2,(H,22,23)/p+1. The molecule has 2 aromatic carbocycles. The highest BCUT2D eigenvalue weighted by Crippen LogP contribution is 2.22. The summed E-state index contributed by atoms with van der Waals surface area (Å²) in [5, 5.41) is 16.2. The molecule has 3 rings (SSSR count). The summed E-state index contributed by atoms with van der Waals surface area (Å²) in [6.07, 6.45) is 0. The van der Waals surface area contributed by atoms with Crippen LogP contribution < -0.4 is 10.5 Å². The molecule has 3 aromatic rings. The molecule has 0 spiro atoms. The van der Waals surface area contributed by atoms with E-state index < -0.39 is 5.97 Å². The lowest BCUT2D eigenvalue weighted by Gasteiger charge is -2.00. The molecule has 6 nitrogen and oxygen atoms in total. The molecule has 0 radical (unpaired) electrons. The van der Waals surface area contributed by atoms with Crippen molar-refractivity contribution in [1.82, 2.24) is 10.2 Å². The highest BCUT2D eigenvalue weighted by Gasteiger charge is 2.22. The molecule has 1 heterocycles. The first kappa shape index (κ1) is 16.0. The fourth-order valence-electron chi connectivity index (χ4n) is 2.14. The molecule has 0 fully saturated rings. The number of hydrogen-bond acceptors (Lipinski definition) is 4. The van der Waals surface area contributed by atoms with Crippen LogP contribution in [0.4, 0.5) is 4.39 Å². The van der Waals surface area contributed by atoms with E-state index >= 15 is 0 Å². The number of nitrogens with two attached hydrogens (primary N) is 1. The van der Waals surface area contributed by atoms with Gasteiger partial charge in [-0.25, -0.2) is 9.18 Å². The molecule has 0 saturated heterocycles. The summed E-state index contributed by atoms with van der Waals surface area (Å²) in [7, 11) is 0. The molecule has 0 aliphatic rings. The SMILES string of the molecule is N[n+]1c(SCc2ccc(C(=O)O)cc2)n[nH]c1-c1ccccc1F. The monoisotopic (exact) mass is 345 g/mol. The number of aromatic amines is 1. The van der Waals surface area contributed by atoms with Crippen LogP contribution in [0, 0.1) is 5.82 Å².